The molecule has 1 saturated heterocycles. The maximum Gasteiger partial charge on any atom is 0.282 e. The Hall–Kier alpha value is -2.43. The molecule has 0 saturated carbocycles. The zero-order chi connectivity index (χ0) is 24.9. The predicted octanol–water partition coefficient (Wildman–Crippen LogP) is 5.25. The van der Waals surface area contributed by atoms with Gasteiger partial charge in [-0.15, -0.1) is 11.8 Å². The first kappa shape index (κ1) is 25.2. The van der Waals surface area contributed by atoms with Crippen LogP contribution < -0.4 is 5.56 Å². The monoisotopic (exact) mass is 541 g/mol. The van der Waals surface area contributed by atoms with E-state index in [1.165, 1.54) is 11.3 Å². The normalized spacial score (nSPS) is 15.1. The van der Waals surface area contributed by atoms with E-state index in [0.29, 0.717) is 34.4 Å². The van der Waals surface area contributed by atoms with E-state index >= 15 is 0 Å². The van der Waals surface area contributed by atoms with Crippen molar-refractivity contribution in [1.82, 2.24) is 19.7 Å². The lowest BCUT2D eigenvalue weighted by Crippen LogP contribution is -2.37. The minimum absolute atomic E-state index is 0.104. The number of halogens is 1. The first-order valence-electron chi connectivity index (χ1n) is 12.0. The molecular weight excluding hydrogens is 514 g/mol. The third-order valence-corrected chi connectivity index (χ3v) is 8.39. The lowest BCUT2D eigenvalue weighted by atomic mass is 10.1. The van der Waals surface area contributed by atoms with Crippen LogP contribution >= 0.6 is 34.7 Å². The van der Waals surface area contributed by atoms with Gasteiger partial charge in [0, 0.05) is 41.0 Å². The van der Waals surface area contributed by atoms with Gasteiger partial charge in [-0.3, -0.25) is 19.8 Å². The van der Waals surface area contributed by atoms with E-state index in [-0.39, 0.29) is 5.56 Å². The molecule has 1 aliphatic rings. The van der Waals surface area contributed by atoms with Gasteiger partial charge in [-0.1, -0.05) is 42.0 Å². The standard InChI is InChI=1S/C26H28ClN5O2S2/c1-2-20(28-11-12-31-13-15-34-16-14-31)24-22(17-35-19-9-7-18(27)8-10-19)30-32(25(24)33)26-29-21-5-3-4-6-23(21)36-26/h3-10,30H,2,11-17H2,1H3. The molecule has 3 heterocycles. The van der Waals surface area contributed by atoms with Crippen LogP contribution in [-0.2, 0) is 10.5 Å². The van der Waals surface area contributed by atoms with E-state index in [4.69, 9.17) is 26.3 Å². The molecule has 1 aliphatic heterocycles. The third kappa shape index (κ3) is 5.76. The van der Waals surface area contributed by atoms with Crippen LogP contribution in [0, 0.1) is 0 Å². The van der Waals surface area contributed by atoms with Gasteiger partial charge in [-0.25, -0.2) is 4.98 Å². The molecule has 1 fully saturated rings. The molecule has 7 nitrogen and oxygen atoms in total. The summed E-state index contributed by atoms with van der Waals surface area (Å²) in [6, 6.07) is 15.7. The number of H-pyrrole nitrogens is 1. The number of nitrogens with zero attached hydrogens (tertiary/aromatic N) is 4. The zero-order valence-corrected chi connectivity index (χ0v) is 22.5. The highest BCUT2D eigenvalue weighted by Gasteiger charge is 2.21. The van der Waals surface area contributed by atoms with Gasteiger partial charge in [0.25, 0.3) is 5.56 Å². The number of aliphatic imine (C=N–C) groups is 1. The molecule has 0 amide bonds. The molecular formula is C26H28ClN5O2S2. The van der Waals surface area contributed by atoms with E-state index in [1.54, 1.807) is 16.4 Å². The Labute approximate surface area is 223 Å². The quantitative estimate of drug-likeness (QED) is 0.231. The van der Waals surface area contributed by atoms with Gasteiger partial charge in [0.1, 0.15) is 0 Å². The van der Waals surface area contributed by atoms with Gasteiger partial charge in [0.2, 0.25) is 5.13 Å². The van der Waals surface area contributed by atoms with Crippen molar-refractivity contribution < 1.29 is 4.74 Å². The highest BCUT2D eigenvalue weighted by molar-refractivity contribution is 7.98. The molecule has 0 unspecified atom stereocenters. The number of hydrogen-bond donors (Lipinski definition) is 1. The van der Waals surface area contributed by atoms with Crippen molar-refractivity contribution in [1.29, 1.82) is 0 Å². The number of hydrogen-bond acceptors (Lipinski definition) is 7. The number of para-hydroxylation sites is 1. The molecule has 10 heteroatoms. The number of aromatic nitrogens is 3. The van der Waals surface area contributed by atoms with Crippen molar-refractivity contribution in [3.63, 3.8) is 0 Å². The largest absolute Gasteiger partial charge is 0.379 e. The Bertz CT molecular complexity index is 1370. The van der Waals surface area contributed by atoms with Crippen molar-refractivity contribution in [2.24, 2.45) is 4.99 Å². The summed E-state index contributed by atoms with van der Waals surface area (Å²) in [5, 5.41) is 4.70. The number of thioether (sulfide) groups is 1. The van der Waals surface area contributed by atoms with Gasteiger partial charge in [-0.05, 0) is 42.8 Å². The summed E-state index contributed by atoms with van der Waals surface area (Å²) in [6.45, 7) is 6.94. The fraction of sp³-hybridized carbons (Fsp3) is 0.346. The lowest BCUT2D eigenvalue weighted by Gasteiger charge is -2.25. The van der Waals surface area contributed by atoms with Crippen molar-refractivity contribution in [2.75, 3.05) is 39.4 Å². The average Bonchev–Trinajstić information content (AvgIpc) is 3.48. The average molecular weight is 542 g/mol. The molecule has 0 atom stereocenters. The van der Waals surface area contributed by atoms with Crippen LogP contribution in [0.1, 0.15) is 24.6 Å². The molecule has 2 aromatic heterocycles. The molecule has 188 valence electrons. The van der Waals surface area contributed by atoms with Gasteiger partial charge in [0.05, 0.1) is 41.2 Å². The smallest absolute Gasteiger partial charge is 0.282 e. The molecule has 0 spiro atoms. The van der Waals surface area contributed by atoms with Crippen molar-refractivity contribution in [3.05, 3.63) is 75.2 Å². The summed E-state index contributed by atoms with van der Waals surface area (Å²) in [4.78, 5) is 26.8. The van der Waals surface area contributed by atoms with Gasteiger partial charge < -0.3 is 4.74 Å². The molecule has 5 rings (SSSR count). The van der Waals surface area contributed by atoms with Crippen LogP contribution in [0.15, 0.2) is 63.2 Å². The summed E-state index contributed by atoms with van der Waals surface area (Å²) in [6.07, 6.45) is 0.675. The second-order valence-corrected chi connectivity index (χ2v) is 10.9. The molecule has 0 radical (unpaired) electrons. The summed E-state index contributed by atoms with van der Waals surface area (Å²) in [5.41, 5.74) is 3.11. The van der Waals surface area contributed by atoms with Crippen LogP contribution in [-0.4, -0.2) is 64.8 Å². The minimum Gasteiger partial charge on any atom is -0.379 e. The van der Waals surface area contributed by atoms with Crippen LogP contribution in [0.3, 0.4) is 0 Å². The number of thiazole rings is 1. The van der Waals surface area contributed by atoms with Crippen LogP contribution in [0.25, 0.3) is 15.3 Å². The Kier molecular flexibility index (Phi) is 8.23. The maximum absolute atomic E-state index is 13.8. The molecule has 0 bridgehead atoms. The second kappa shape index (κ2) is 11.7. The van der Waals surface area contributed by atoms with Crippen molar-refractivity contribution in [3.8, 4) is 5.13 Å². The molecule has 36 heavy (non-hydrogen) atoms. The highest BCUT2D eigenvalue weighted by atomic mass is 35.5. The predicted molar refractivity (Wildman–Crippen MR) is 150 cm³/mol. The second-order valence-electron chi connectivity index (χ2n) is 8.45. The number of fused-ring (bicyclic) bond motifs is 1. The topological polar surface area (TPSA) is 75.5 Å². The fourth-order valence-electron chi connectivity index (χ4n) is 4.18. The summed E-state index contributed by atoms with van der Waals surface area (Å²) < 4.78 is 8.06. The number of morpholine rings is 1. The summed E-state index contributed by atoms with van der Waals surface area (Å²) in [7, 11) is 0. The number of rotatable bonds is 9. The van der Waals surface area contributed by atoms with Crippen molar-refractivity contribution in [2.45, 2.75) is 24.0 Å². The molecule has 0 aliphatic carbocycles. The Balaban J connectivity index is 1.47. The Morgan fingerprint density at radius 2 is 1.97 bits per heavy atom. The van der Waals surface area contributed by atoms with Gasteiger partial charge >= 0.3 is 0 Å². The maximum atomic E-state index is 13.8. The molecule has 2 aromatic carbocycles. The third-order valence-electron chi connectivity index (χ3n) is 6.08. The number of nitrogens with one attached hydrogen (secondary N) is 1. The minimum atomic E-state index is -0.104. The zero-order valence-electron chi connectivity index (χ0n) is 20.1. The van der Waals surface area contributed by atoms with Crippen molar-refractivity contribution >= 4 is 50.6 Å². The number of aromatic amines is 1. The fourth-order valence-corrected chi connectivity index (χ4v) is 6.08. The Morgan fingerprint density at radius 1 is 1.19 bits per heavy atom. The molecule has 1 N–H and O–H groups in total. The van der Waals surface area contributed by atoms with E-state index in [1.807, 2.05) is 48.5 Å². The summed E-state index contributed by atoms with van der Waals surface area (Å²) in [5.74, 6) is 0.604. The Morgan fingerprint density at radius 3 is 2.72 bits per heavy atom. The van der Waals surface area contributed by atoms with Crippen LogP contribution in [0.5, 0.6) is 0 Å². The van der Waals surface area contributed by atoms with E-state index in [9.17, 15) is 4.79 Å². The lowest BCUT2D eigenvalue weighted by molar-refractivity contribution is 0.0394. The molecule has 4 aromatic rings. The first-order valence-corrected chi connectivity index (χ1v) is 14.2. The van der Waals surface area contributed by atoms with Crippen LogP contribution in [0.4, 0.5) is 0 Å². The number of benzene rings is 2. The highest BCUT2D eigenvalue weighted by Crippen LogP contribution is 2.27. The van der Waals surface area contributed by atoms with E-state index in [2.05, 4.69) is 16.9 Å². The van der Waals surface area contributed by atoms with E-state index in [0.717, 1.165) is 59.4 Å². The van der Waals surface area contributed by atoms with Crippen LogP contribution in [0.2, 0.25) is 5.02 Å². The van der Waals surface area contributed by atoms with Gasteiger partial charge in [-0.2, -0.15) is 4.68 Å². The first-order chi connectivity index (χ1) is 17.6. The number of ether oxygens (including phenoxy) is 1. The van der Waals surface area contributed by atoms with Gasteiger partial charge in [0.15, 0.2) is 0 Å². The summed E-state index contributed by atoms with van der Waals surface area (Å²) >= 11 is 9.21. The van der Waals surface area contributed by atoms with E-state index < -0.39 is 0 Å². The SMILES string of the molecule is CCC(=NCCN1CCOCC1)c1c(CSc2ccc(Cl)cc2)[nH]n(-c2nc3ccccc3s2)c1=O.